The maximum atomic E-state index is 12.7. The molecule has 0 bridgehead atoms. The molecule has 0 saturated carbocycles. The molecule has 2 saturated heterocycles. The predicted octanol–water partition coefficient (Wildman–Crippen LogP) is 2.30. The van der Waals surface area contributed by atoms with Gasteiger partial charge in [-0.2, -0.15) is 0 Å². The van der Waals surface area contributed by atoms with Crippen LogP contribution in [0.1, 0.15) is 11.1 Å². The number of amides is 2. The molecular formula is C20H20N2O2. The highest BCUT2D eigenvalue weighted by Crippen LogP contribution is 2.34. The summed E-state index contributed by atoms with van der Waals surface area (Å²) in [5.74, 6) is -0.372. The number of likely N-dealkylation sites (tertiary alicyclic amines) is 2. The van der Waals surface area contributed by atoms with Crippen LogP contribution in [0, 0.1) is 11.8 Å². The minimum Gasteiger partial charge on any atom is -0.297 e. The number of carbonyl (C=O) groups excluding carboxylic acids is 2. The second kappa shape index (κ2) is 6.21. The standard InChI is InChI=1S/C20H20N2O2/c23-19-17-13-21(11-15-7-3-1-4-8-15)14-18(17)20(24)22(19)12-16-9-5-2-6-10-16/h1-10,17-18H,11-14H2/t17-,18+. The van der Waals surface area contributed by atoms with Gasteiger partial charge in [-0.25, -0.2) is 0 Å². The molecule has 2 aliphatic heterocycles. The number of carbonyl (C=O) groups is 2. The SMILES string of the molecule is O=C1[C@H]2CN(Cc3ccccc3)C[C@H]2C(=O)N1Cc1ccccc1. The summed E-state index contributed by atoms with van der Waals surface area (Å²) in [7, 11) is 0. The smallest absolute Gasteiger partial charge is 0.234 e. The van der Waals surface area contributed by atoms with Gasteiger partial charge in [0.1, 0.15) is 0 Å². The molecule has 0 aliphatic carbocycles. The number of rotatable bonds is 4. The average molecular weight is 320 g/mol. The lowest BCUT2D eigenvalue weighted by Gasteiger charge is -2.20. The molecule has 2 aromatic rings. The van der Waals surface area contributed by atoms with Crippen molar-refractivity contribution in [3.05, 3.63) is 71.8 Å². The molecule has 2 amide bonds. The number of hydrogen-bond donors (Lipinski definition) is 0. The highest BCUT2D eigenvalue weighted by molar-refractivity contribution is 6.05. The molecule has 0 unspecified atom stereocenters. The molecule has 0 N–H and O–H groups in total. The van der Waals surface area contributed by atoms with Crippen molar-refractivity contribution in [1.82, 2.24) is 9.80 Å². The fourth-order valence-corrected chi connectivity index (χ4v) is 3.79. The Kier molecular flexibility index (Phi) is 3.90. The van der Waals surface area contributed by atoms with Crippen molar-refractivity contribution in [2.24, 2.45) is 11.8 Å². The summed E-state index contributed by atoms with van der Waals surface area (Å²) in [5.41, 5.74) is 2.22. The van der Waals surface area contributed by atoms with Crippen LogP contribution in [-0.2, 0) is 22.7 Å². The third kappa shape index (κ3) is 2.74. The first kappa shape index (κ1) is 15.1. The number of hydrogen-bond acceptors (Lipinski definition) is 3. The van der Waals surface area contributed by atoms with Gasteiger partial charge >= 0.3 is 0 Å². The van der Waals surface area contributed by atoms with Gasteiger partial charge in [0.05, 0.1) is 18.4 Å². The van der Waals surface area contributed by atoms with E-state index in [9.17, 15) is 9.59 Å². The molecule has 2 aliphatic rings. The summed E-state index contributed by atoms with van der Waals surface area (Å²) >= 11 is 0. The molecule has 4 rings (SSSR count). The second-order valence-electron chi connectivity index (χ2n) is 6.64. The zero-order valence-corrected chi connectivity index (χ0v) is 13.5. The molecule has 24 heavy (non-hydrogen) atoms. The monoisotopic (exact) mass is 320 g/mol. The maximum absolute atomic E-state index is 12.7. The Morgan fingerprint density at radius 3 is 1.67 bits per heavy atom. The van der Waals surface area contributed by atoms with Gasteiger partial charge in [0.2, 0.25) is 11.8 Å². The summed E-state index contributed by atoms with van der Waals surface area (Å²) in [5, 5.41) is 0. The molecule has 2 aromatic carbocycles. The van der Waals surface area contributed by atoms with Crippen LogP contribution >= 0.6 is 0 Å². The van der Waals surface area contributed by atoms with Gasteiger partial charge in [-0.1, -0.05) is 60.7 Å². The van der Waals surface area contributed by atoms with Crippen LogP contribution in [0.2, 0.25) is 0 Å². The number of imide groups is 1. The van der Waals surface area contributed by atoms with Crippen molar-refractivity contribution in [3.8, 4) is 0 Å². The van der Waals surface area contributed by atoms with Gasteiger partial charge in [0, 0.05) is 19.6 Å². The first-order valence-corrected chi connectivity index (χ1v) is 8.38. The van der Waals surface area contributed by atoms with E-state index in [1.807, 2.05) is 48.5 Å². The third-order valence-electron chi connectivity index (χ3n) is 4.99. The van der Waals surface area contributed by atoms with Crippen LogP contribution in [0.25, 0.3) is 0 Å². The summed E-state index contributed by atoms with van der Waals surface area (Å²) in [6.07, 6.45) is 0. The van der Waals surface area contributed by atoms with Gasteiger partial charge in [-0.05, 0) is 11.1 Å². The van der Waals surface area contributed by atoms with Crippen LogP contribution < -0.4 is 0 Å². The number of benzene rings is 2. The molecule has 4 heteroatoms. The Bertz CT molecular complexity index is 721. The fourth-order valence-electron chi connectivity index (χ4n) is 3.79. The predicted molar refractivity (Wildman–Crippen MR) is 90.7 cm³/mol. The summed E-state index contributed by atoms with van der Waals surface area (Å²) in [6.45, 7) is 2.54. The molecule has 122 valence electrons. The van der Waals surface area contributed by atoms with Gasteiger partial charge in [-0.15, -0.1) is 0 Å². The second-order valence-corrected chi connectivity index (χ2v) is 6.64. The topological polar surface area (TPSA) is 40.6 Å². The van der Waals surface area contributed by atoms with Crippen molar-refractivity contribution in [2.45, 2.75) is 13.1 Å². The minimum absolute atomic E-state index is 0.00980. The van der Waals surface area contributed by atoms with E-state index in [1.54, 1.807) is 0 Å². The quantitative estimate of drug-likeness (QED) is 0.812. The van der Waals surface area contributed by atoms with Gasteiger partial charge in [-0.3, -0.25) is 19.4 Å². The van der Waals surface area contributed by atoms with Crippen molar-refractivity contribution in [2.75, 3.05) is 13.1 Å². The van der Waals surface area contributed by atoms with Crippen LogP contribution in [0.5, 0.6) is 0 Å². The Hall–Kier alpha value is -2.46. The fraction of sp³-hybridized carbons (Fsp3) is 0.300. The largest absolute Gasteiger partial charge is 0.297 e. The highest BCUT2D eigenvalue weighted by Gasteiger charge is 2.51. The first-order valence-electron chi connectivity index (χ1n) is 8.38. The van der Waals surface area contributed by atoms with Crippen molar-refractivity contribution >= 4 is 11.8 Å². The van der Waals surface area contributed by atoms with Gasteiger partial charge < -0.3 is 0 Å². The van der Waals surface area contributed by atoms with Crippen molar-refractivity contribution in [3.63, 3.8) is 0 Å². The lowest BCUT2D eigenvalue weighted by molar-refractivity contribution is -0.141. The Labute approximate surface area is 141 Å². The van der Waals surface area contributed by atoms with E-state index in [1.165, 1.54) is 10.5 Å². The Balaban J connectivity index is 1.44. The average Bonchev–Trinajstić information content (AvgIpc) is 3.12. The number of fused-ring (bicyclic) bond motifs is 1. The van der Waals surface area contributed by atoms with E-state index in [0.717, 1.165) is 12.1 Å². The van der Waals surface area contributed by atoms with Crippen LogP contribution in [-0.4, -0.2) is 34.7 Å². The van der Waals surface area contributed by atoms with E-state index in [-0.39, 0.29) is 23.7 Å². The first-order chi connectivity index (χ1) is 11.7. The summed E-state index contributed by atoms with van der Waals surface area (Å²) in [4.78, 5) is 29.0. The third-order valence-corrected chi connectivity index (χ3v) is 4.99. The van der Waals surface area contributed by atoms with E-state index in [4.69, 9.17) is 0 Å². The van der Waals surface area contributed by atoms with Crippen LogP contribution in [0.15, 0.2) is 60.7 Å². The lowest BCUT2D eigenvalue weighted by Crippen LogP contribution is -2.35. The summed E-state index contributed by atoms with van der Waals surface area (Å²) in [6, 6.07) is 19.9. The molecule has 2 heterocycles. The normalized spacial score (nSPS) is 23.8. The molecule has 0 radical (unpaired) electrons. The summed E-state index contributed by atoms with van der Waals surface area (Å²) < 4.78 is 0. The highest BCUT2D eigenvalue weighted by atomic mass is 16.2. The zero-order valence-electron chi connectivity index (χ0n) is 13.5. The van der Waals surface area contributed by atoms with Crippen molar-refractivity contribution < 1.29 is 9.59 Å². The van der Waals surface area contributed by atoms with Crippen molar-refractivity contribution in [1.29, 1.82) is 0 Å². The molecule has 0 aromatic heterocycles. The molecule has 2 atom stereocenters. The van der Waals surface area contributed by atoms with Crippen LogP contribution in [0.4, 0.5) is 0 Å². The van der Waals surface area contributed by atoms with Gasteiger partial charge in [0.25, 0.3) is 0 Å². The Morgan fingerprint density at radius 2 is 1.17 bits per heavy atom. The van der Waals surface area contributed by atoms with E-state index in [0.29, 0.717) is 19.6 Å². The molecule has 0 spiro atoms. The van der Waals surface area contributed by atoms with E-state index >= 15 is 0 Å². The Morgan fingerprint density at radius 1 is 0.708 bits per heavy atom. The lowest BCUT2D eigenvalue weighted by atomic mass is 10.00. The molecular weight excluding hydrogens is 300 g/mol. The maximum Gasteiger partial charge on any atom is 0.234 e. The van der Waals surface area contributed by atoms with E-state index < -0.39 is 0 Å². The molecule has 4 nitrogen and oxygen atoms in total. The minimum atomic E-state index is -0.176. The van der Waals surface area contributed by atoms with E-state index in [2.05, 4.69) is 17.0 Å². The molecule has 2 fully saturated rings. The zero-order chi connectivity index (χ0) is 16.5. The van der Waals surface area contributed by atoms with Gasteiger partial charge in [0.15, 0.2) is 0 Å². The number of nitrogens with zero attached hydrogens (tertiary/aromatic N) is 2. The van der Waals surface area contributed by atoms with Crippen LogP contribution in [0.3, 0.4) is 0 Å².